The third-order valence-corrected chi connectivity index (χ3v) is 7.42. The first kappa shape index (κ1) is 24.2. The Labute approximate surface area is 214 Å². The molecule has 1 aliphatic carbocycles. The van der Waals surface area contributed by atoms with Crippen molar-refractivity contribution in [2.24, 2.45) is 16.8 Å². The highest BCUT2D eigenvalue weighted by atomic mass is 16.5. The van der Waals surface area contributed by atoms with Crippen LogP contribution >= 0.6 is 0 Å². The van der Waals surface area contributed by atoms with Gasteiger partial charge in [0.15, 0.2) is 0 Å². The van der Waals surface area contributed by atoms with Crippen LogP contribution in [-0.4, -0.2) is 23.1 Å². The number of carbonyl (C=O) groups is 1. The van der Waals surface area contributed by atoms with Gasteiger partial charge in [-0.2, -0.15) is 0 Å². The van der Waals surface area contributed by atoms with Crippen molar-refractivity contribution in [2.75, 3.05) is 6.61 Å². The molecule has 2 atom stereocenters. The summed E-state index contributed by atoms with van der Waals surface area (Å²) >= 11 is 0. The van der Waals surface area contributed by atoms with E-state index < -0.39 is 0 Å². The fourth-order valence-electron chi connectivity index (χ4n) is 5.20. The first-order valence-electron chi connectivity index (χ1n) is 13.2. The van der Waals surface area contributed by atoms with Gasteiger partial charge in [-0.05, 0) is 73.1 Å². The fraction of sp³-hybridized carbons (Fsp3) is 0.344. The van der Waals surface area contributed by atoms with Crippen LogP contribution in [0.3, 0.4) is 0 Å². The molecule has 0 spiro atoms. The molecule has 184 valence electrons. The molecule has 1 saturated carbocycles. The standard InChI is InChI=1S/C32H34N2O2/c1-3-27-15-13-26(20-33-27)24-14-16-31-25(19-24)9-6-10-28(34-31)21-36-29-11-5-8-23(17-29)18-30-22(2)7-4-12-32(30)35/h5-6,8-9,11,13-17,19-20,22,30H,3-4,7,10,12,18,21H2,1-2H3. The lowest BCUT2D eigenvalue weighted by molar-refractivity contribution is -0.126. The predicted octanol–water partition coefficient (Wildman–Crippen LogP) is 7.43. The number of hydrogen-bond donors (Lipinski definition) is 0. The van der Waals surface area contributed by atoms with Crippen LogP contribution in [0.4, 0.5) is 5.69 Å². The summed E-state index contributed by atoms with van der Waals surface area (Å²) in [5.74, 6) is 1.83. The summed E-state index contributed by atoms with van der Waals surface area (Å²) in [6.45, 7) is 4.76. The monoisotopic (exact) mass is 478 g/mol. The third kappa shape index (κ3) is 5.64. The summed E-state index contributed by atoms with van der Waals surface area (Å²) in [6.07, 6.45) is 11.6. The van der Waals surface area contributed by atoms with Crippen LogP contribution in [-0.2, 0) is 17.6 Å². The maximum atomic E-state index is 12.4. The molecule has 3 aromatic rings. The maximum Gasteiger partial charge on any atom is 0.136 e. The van der Waals surface area contributed by atoms with E-state index >= 15 is 0 Å². The van der Waals surface area contributed by atoms with Gasteiger partial charge in [-0.25, -0.2) is 0 Å². The van der Waals surface area contributed by atoms with Gasteiger partial charge in [0.1, 0.15) is 18.1 Å². The Bertz CT molecular complexity index is 1290. The van der Waals surface area contributed by atoms with Crippen LogP contribution in [0.25, 0.3) is 17.2 Å². The lowest BCUT2D eigenvalue weighted by Gasteiger charge is -2.27. The van der Waals surface area contributed by atoms with E-state index in [2.05, 4.69) is 73.4 Å². The molecule has 2 unspecified atom stereocenters. The van der Waals surface area contributed by atoms with Gasteiger partial charge in [-0.15, -0.1) is 0 Å². The van der Waals surface area contributed by atoms with Gasteiger partial charge in [0, 0.05) is 41.8 Å². The molecule has 36 heavy (non-hydrogen) atoms. The number of carbonyl (C=O) groups excluding carboxylic acids is 1. The van der Waals surface area contributed by atoms with Gasteiger partial charge < -0.3 is 4.74 Å². The number of benzene rings is 2. The SMILES string of the molecule is CCc1ccc(-c2ccc3c(c2)C=CCC(COc2cccc(CC4C(=O)CCCC4C)c2)=N3)cn1. The molecule has 0 saturated heterocycles. The maximum absolute atomic E-state index is 12.4. The average molecular weight is 479 g/mol. The summed E-state index contributed by atoms with van der Waals surface area (Å²) < 4.78 is 6.16. The van der Waals surface area contributed by atoms with E-state index in [1.165, 1.54) is 5.56 Å². The summed E-state index contributed by atoms with van der Waals surface area (Å²) in [5.41, 5.74) is 7.59. The summed E-state index contributed by atoms with van der Waals surface area (Å²) in [6, 6.07) is 18.8. The molecular weight excluding hydrogens is 444 g/mol. The first-order chi connectivity index (χ1) is 17.6. The van der Waals surface area contributed by atoms with Gasteiger partial charge in [0.25, 0.3) is 0 Å². The largest absolute Gasteiger partial charge is 0.488 e. The predicted molar refractivity (Wildman–Crippen MR) is 147 cm³/mol. The number of aryl methyl sites for hydroxylation is 1. The lowest BCUT2D eigenvalue weighted by atomic mass is 9.76. The van der Waals surface area contributed by atoms with Crippen molar-refractivity contribution in [1.29, 1.82) is 0 Å². The van der Waals surface area contributed by atoms with E-state index in [1.54, 1.807) is 0 Å². The highest BCUT2D eigenvalue weighted by Crippen LogP contribution is 2.32. The molecule has 1 aliphatic heterocycles. The van der Waals surface area contributed by atoms with Crippen molar-refractivity contribution in [2.45, 2.75) is 52.4 Å². The minimum Gasteiger partial charge on any atom is -0.488 e. The zero-order valence-corrected chi connectivity index (χ0v) is 21.2. The fourth-order valence-corrected chi connectivity index (χ4v) is 5.20. The molecule has 2 aromatic carbocycles. The van der Waals surface area contributed by atoms with Crippen LogP contribution < -0.4 is 4.74 Å². The highest BCUT2D eigenvalue weighted by Gasteiger charge is 2.28. The van der Waals surface area contributed by atoms with Gasteiger partial charge in [-0.3, -0.25) is 14.8 Å². The van der Waals surface area contributed by atoms with E-state index in [1.807, 2.05) is 18.3 Å². The quantitative estimate of drug-likeness (QED) is 0.355. The van der Waals surface area contributed by atoms with Crippen LogP contribution in [0.2, 0.25) is 0 Å². The Morgan fingerprint density at radius 3 is 2.75 bits per heavy atom. The van der Waals surface area contributed by atoms with Crippen LogP contribution in [0, 0.1) is 11.8 Å². The molecule has 0 bridgehead atoms. The molecular formula is C32H34N2O2. The minimum atomic E-state index is 0.132. The van der Waals surface area contributed by atoms with Crippen LogP contribution in [0.1, 0.15) is 56.4 Å². The average Bonchev–Trinajstić information content (AvgIpc) is 3.11. The number of hydrogen-bond acceptors (Lipinski definition) is 4. The Morgan fingerprint density at radius 1 is 1.06 bits per heavy atom. The molecule has 0 amide bonds. The summed E-state index contributed by atoms with van der Waals surface area (Å²) in [5, 5.41) is 0. The van der Waals surface area contributed by atoms with Crippen LogP contribution in [0.15, 0.2) is 71.9 Å². The highest BCUT2D eigenvalue weighted by molar-refractivity contribution is 5.93. The zero-order chi connectivity index (χ0) is 24.9. The van der Waals surface area contributed by atoms with E-state index in [4.69, 9.17) is 9.73 Å². The van der Waals surface area contributed by atoms with Crippen LogP contribution in [0.5, 0.6) is 5.75 Å². The molecule has 1 fully saturated rings. The van der Waals surface area contributed by atoms with Crippen molar-refractivity contribution in [1.82, 2.24) is 4.98 Å². The number of nitrogens with zero attached hydrogens (tertiary/aromatic N) is 2. The number of ether oxygens (including phenoxy) is 1. The minimum absolute atomic E-state index is 0.132. The number of aliphatic imine (C=N–C) groups is 1. The Hall–Kier alpha value is -3.53. The van der Waals surface area contributed by atoms with Gasteiger partial charge in [0.05, 0.1) is 11.4 Å². The molecule has 4 nitrogen and oxygen atoms in total. The summed E-state index contributed by atoms with van der Waals surface area (Å²) in [4.78, 5) is 21.9. The number of pyridine rings is 1. The molecule has 4 heteroatoms. The van der Waals surface area contributed by atoms with Gasteiger partial charge >= 0.3 is 0 Å². The Balaban J connectivity index is 1.26. The number of Topliss-reactive ketones (excluding diaryl/α,β-unsaturated/α-hetero) is 1. The first-order valence-corrected chi connectivity index (χ1v) is 13.2. The molecule has 5 rings (SSSR count). The second-order valence-corrected chi connectivity index (χ2v) is 10.0. The Kier molecular flexibility index (Phi) is 7.41. The van der Waals surface area contributed by atoms with Crippen molar-refractivity contribution >= 4 is 23.3 Å². The molecule has 0 radical (unpaired) electrons. The number of allylic oxidation sites excluding steroid dienone is 1. The molecule has 1 aromatic heterocycles. The van der Waals surface area contributed by atoms with E-state index in [9.17, 15) is 4.79 Å². The second-order valence-electron chi connectivity index (χ2n) is 10.0. The van der Waals surface area contributed by atoms with Gasteiger partial charge in [0.2, 0.25) is 0 Å². The second kappa shape index (κ2) is 11.0. The number of rotatable bonds is 7. The van der Waals surface area contributed by atoms with E-state index in [0.717, 1.165) is 78.1 Å². The summed E-state index contributed by atoms with van der Waals surface area (Å²) in [7, 11) is 0. The van der Waals surface area contributed by atoms with Crippen molar-refractivity contribution < 1.29 is 9.53 Å². The smallest absolute Gasteiger partial charge is 0.136 e. The van der Waals surface area contributed by atoms with Crippen molar-refractivity contribution in [3.8, 4) is 16.9 Å². The van der Waals surface area contributed by atoms with Gasteiger partial charge in [-0.1, -0.05) is 50.3 Å². The van der Waals surface area contributed by atoms with E-state index in [-0.39, 0.29) is 5.92 Å². The lowest BCUT2D eigenvalue weighted by Crippen LogP contribution is -2.28. The van der Waals surface area contributed by atoms with Crippen molar-refractivity contribution in [3.63, 3.8) is 0 Å². The Morgan fingerprint density at radius 2 is 1.94 bits per heavy atom. The molecule has 0 N–H and O–H groups in total. The molecule has 2 heterocycles. The molecule has 2 aliphatic rings. The number of ketones is 1. The normalized spacial score (nSPS) is 19.4. The third-order valence-electron chi connectivity index (χ3n) is 7.42. The van der Waals surface area contributed by atoms with E-state index in [0.29, 0.717) is 18.3 Å². The zero-order valence-electron chi connectivity index (χ0n) is 21.2. The van der Waals surface area contributed by atoms with Crippen molar-refractivity contribution in [3.05, 3.63) is 83.7 Å². The number of aromatic nitrogens is 1. The topological polar surface area (TPSA) is 51.5 Å². The number of fused-ring (bicyclic) bond motifs is 1.